The standard InChI is InChI=1S/C15H21NO3/c1-4-9-15(2,3)14(19)16-10-13(18)11-5-7-12(17)8-6-11/h5-8,17H,4,9-10H2,1-3H3,(H,16,19). The maximum Gasteiger partial charge on any atom is 0.226 e. The molecule has 0 saturated carbocycles. The number of hydrogen-bond acceptors (Lipinski definition) is 3. The topological polar surface area (TPSA) is 66.4 Å². The lowest BCUT2D eigenvalue weighted by Gasteiger charge is -2.22. The predicted octanol–water partition coefficient (Wildman–Crippen LogP) is 2.52. The predicted molar refractivity (Wildman–Crippen MR) is 74.1 cm³/mol. The molecule has 0 unspecified atom stereocenters. The van der Waals surface area contributed by atoms with Gasteiger partial charge in [0.15, 0.2) is 5.78 Å². The maximum atomic E-state index is 11.9. The number of Topliss-reactive ketones (excluding diaryl/α,β-unsaturated/α-hetero) is 1. The summed E-state index contributed by atoms with van der Waals surface area (Å²) in [7, 11) is 0. The third kappa shape index (κ3) is 4.39. The zero-order valence-corrected chi connectivity index (χ0v) is 11.7. The Kier molecular flexibility index (Phi) is 5.10. The van der Waals surface area contributed by atoms with Gasteiger partial charge in [0.25, 0.3) is 0 Å². The smallest absolute Gasteiger partial charge is 0.226 e. The molecule has 4 nitrogen and oxygen atoms in total. The molecule has 0 radical (unpaired) electrons. The third-order valence-corrected chi connectivity index (χ3v) is 3.09. The molecule has 19 heavy (non-hydrogen) atoms. The molecule has 0 spiro atoms. The number of hydrogen-bond donors (Lipinski definition) is 2. The summed E-state index contributed by atoms with van der Waals surface area (Å²) in [6.45, 7) is 5.75. The molecular weight excluding hydrogens is 242 g/mol. The highest BCUT2D eigenvalue weighted by molar-refractivity contribution is 5.99. The number of rotatable bonds is 6. The molecular formula is C15H21NO3. The van der Waals surface area contributed by atoms with Crippen molar-refractivity contribution >= 4 is 11.7 Å². The van der Waals surface area contributed by atoms with E-state index in [0.29, 0.717) is 5.56 Å². The molecule has 0 aliphatic carbocycles. The van der Waals surface area contributed by atoms with E-state index in [1.54, 1.807) is 12.1 Å². The van der Waals surface area contributed by atoms with Crippen LogP contribution in [0.2, 0.25) is 0 Å². The molecule has 1 amide bonds. The first-order valence-corrected chi connectivity index (χ1v) is 6.47. The molecule has 0 atom stereocenters. The second-order valence-electron chi connectivity index (χ2n) is 5.29. The van der Waals surface area contributed by atoms with Gasteiger partial charge in [-0.1, -0.05) is 27.2 Å². The summed E-state index contributed by atoms with van der Waals surface area (Å²) in [4.78, 5) is 23.8. The Bertz CT molecular complexity index is 449. The monoisotopic (exact) mass is 263 g/mol. The summed E-state index contributed by atoms with van der Waals surface area (Å²) in [5.74, 6) is -0.160. The summed E-state index contributed by atoms with van der Waals surface area (Å²) in [5.41, 5.74) is 0.0238. The van der Waals surface area contributed by atoms with Crippen molar-refractivity contribution in [3.05, 3.63) is 29.8 Å². The highest BCUT2D eigenvalue weighted by Crippen LogP contribution is 2.22. The van der Waals surface area contributed by atoms with Crippen molar-refractivity contribution in [3.63, 3.8) is 0 Å². The second kappa shape index (κ2) is 6.36. The fourth-order valence-corrected chi connectivity index (χ4v) is 1.89. The van der Waals surface area contributed by atoms with E-state index in [9.17, 15) is 9.59 Å². The maximum absolute atomic E-state index is 11.9. The van der Waals surface area contributed by atoms with Crippen molar-refractivity contribution in [2.24, 2.45) is 5.41 Å². The van der Waals surface area contributed by atoms with Gasteiger partial charge in [-0.25, -0.2) is 0 Å². The van der Waals surface area contributed by atoms with E-state index < -0.39 is 5.41 Å². The van der Waals surface area contributed by atoms with Crippen LogP contribution in [0, 0.1) is 5.41 Å². The molecule has 0 aliphatic heterocycles. The average molecular weight is 263 g/mol. The summed E-state index contributed by atoms with van der Waals surface area (Å²) < 4.78 is 0. The lowest BCUT2D eigenvalue weighted by atomic mass is 9.87. The Balaban J connectivity index is 2.55. The van der Waals surface area contributed by atoms with Gasteiger partial charge in [0.05, 0.1) is 6.54 Å². The van der Waals surface area contributed by atoms with E-state index in [-0.39, 0.29) is 24.0 Å². The van der Waals surface area contributed by atoms with Crippen LogP contribution in [0.15, 0.2) is 24.3 Å². The highest BCUT2D eigenvalue weighted by atomic mass is 16.3. The van der Waals surface area contributed by atoms with E-state index in [4.69, 9.17) is 5.11 Å². The number of carbonyl (C=O) groups excluding carboxylic acids is 2. The molecule has 4 heteroatoms. The van der Waals surface area contributed by atoms with Crippen molar-refractivity contribution < 1.29 is 14.7 Å². The van der Waals surface area contributed by atoms with Gasteiger partial charge >= 0.3 is 0 Å². The van der Waals surface area contributed by atoms with E-state index in [1.165, 1.54) is 12.1 Å². The van der Waals surface area contributed by atoms with Crippen LogP contribution in [0.5, 0.6) is 5.75 Å². The molecule has 0 aromatic heterocycles. The Morgan fingerprint density at radius 2 is 1.79 bits per heavy atom. The first-order chi connectivity index (χ1) is 8.86. The lowest BCUT2D eigenvalue weighted by Crippen LogP contribution is -2.39. The fraction of sp³-hybridized carbons (Fsp3) is 0.467. The van der Waals surface area contributed by atoms with E-state index in [0.717, 1.165) is 12.8 Å². The van der Waals surface area contributed by atoms with Crippen LogP contribution in [0.25, 0.3) is 0 Å². The van der Waals surface area contributed by atoms with Gasteiger partial charge < -0.3 is 10.4 Å². The summed E-state index contributed by atoms with van der Waals surface area (Å²) in [5, 5.41) is 11.8. The van der Waals surface area contributed by atoms with Crippen molar-refractivity contribution in [1.29, 1.82) is 0 Å². The summed E-state index contributed by atoms with van der Waals surface area (Å²) >= 11 is 0. The second-order valence-corrected chi connectivity index (χ2v) is 5.29. The molecule has 2 N–H and O–H groups in total. The van der Waals surface area contributed by atoms with Crippen LogP contribution >= 0.6 is 0 Å². The van der Waals surface area contributed by atoms with Crippen molar-refractivity contribution in [2.75, 3.05) is 6.54 Å². The van der Waals surface area contributed by atoms with Gasteiger partial charge in [-0.3, -0.25) is 9.59 Å². The van der Waals surface area contributed by atoms with Crippen molar-refractivity contribution in [1.82, 2.24) is 5.32 Å². The Labute approximate surface area is 113 Å². The van der Waals surface area contributed by atoms with Crippen LogP contribution in [-0.4, -0.2) is 23.3 Å². The number of carbonyl (C=O) groups is 2. The normalized spacial score (nSPS) is 11.1. The molecule has 0 aliphatic rings. The third-order valence-electron chi connectivity index (χ3n) is 3.09. The van der Waals surface area contributed by atoms with Gasteiger partial charge in [0.2, 0.25) is 5.91 Å². The lowest BCUT2D eigenvalue weighted by molar-refractivity contribution is -0.129. The molecule has 0 saturated heterocycles. The van der Waals surface area contributed by atoms with Gasteiger partial charge in [-0.05, 0) is 30.7 Å². The first kappa shape index (κ1) is 15.2. The van der Waals surface area contributed by atoms with E-state index in [1.807, 2.05) is 20.8 Å². The number of phenols is 1. The first-order valence-electron chi connectivity index (χ1n) is 6.47. The van der Waals surface area contributed by atoms with Crippen molar-refractivity contribution in [2.45, 2.75) is 33.6 Å². The largest absolute Gasteiger partial charge is 0.508 e. The summed E-state index contributed by atoms with van der Waals surface area (Å²) in [6, 6.07) is 5.99. The fourth-order valence-electron chi connectivity index (χ4n) is 1.89. The van der Waals surface area contributed by atoms with E-state index in [2.05, 4.69) is 5.32 Å². The highest BCUT2D eigenvalue weighted by Gasteiger charge is 2.26. The molecule has 1 aromatic carbocycles. The number of phenolic OH excluding ortho intramolecular Hbond substituents is 1. The number of aromatic hydroxyl groups is 1. The average Bonchev–Trinajstić information content (AvgIpc) is 2.36. The number of nitrogens with one attached hydrogen (secondary N) is 1. The number of ketones is 1. The van der Waals surface area contributed by atoms with Crippen molar-refractivity contribution in [3.8, 4) is 5.75 Å². The number of benzene rings is 1. The quantitative estimate of drug-likeness (QED) is 0.775. The van der Waals surface area contributed by atoms with Crippen LogP contribution in [0.3, 0.4) is 0 Å². The van der Waals surface area contributed by atoms with Gasteiger partial charge in [-0.2, -0.15) is 0 Å². The van der Waals surface area contributed by atoms with Crippen LogP contribution < -0.4 is 5.32 Å². The molecule has 104 valence electrons. The Morgan fingerprint density at radius 3 is 2.32 bits per heavy atom. The zero-order chi connectivity index (χ0) is 14.5. The van der Waals surface area contributed by atoms with E-state index >= 15 is 0 Å². The van der Waals surface area contributed by atoms with Crippen LogP contribution in [0.4, 0.5) is 0 Å². The minimum atomic E-state index is -0.454. The Hall–Kier alpha value is -1.84. The summed E-state index contributed by atoms with van der Waals surface area (Å²) in [6.07, 6.45) is 1.71. The molecule has 0 heterocycles. The molecule has 0 fully saturated rings. The SMILES string of the molecule is CCCC(C)(C)C(=O)NCC(=O)c1ccc(O)cc1. The minimum absolute atomic E-state index is 0.0171. The van der Waals surface area contributed by atoms with Gasteiger partial charge in [-0.15, -0.1) is 0 Å². The van der Waals surface area contributed by atoms with Gasteiger partial charge in [0, 0.05) is 11.0 Å². The van der Waals surface area contributed by atoms with Crippen LogP contribution in [-0.2, 0) is 4.79 Å². The Morgan fingerprint density at radius 1 is 1.21 bits per heavy atom. The molecule has 0 bridgehead atoms. The zero-order valence-electron chi connectivity index (χ0n) is 11.7. The minimum Gasteiger partial charge on any atom is -0.508 e. The molecule has 1 rings (SSSR count). The van der Waals surface area contributed by atoms with Gasteiger partial charge in [0.1, 0.15) is 5.75 Å². The molecule has 1 aromatic rings. The number of amides is 1. The van der Waals surface area contributed by atoms with Crippen LogP contribution in [0.1, 0.15) is 44.0 Å².